The van der Waals surface area contributed by atoms with Crippen molar-refractivity contribution in [3.8, 4) is 0 Å². The number of anilines is 4. The summed E-state index contributed by atoms with van der Waals surface area (Å²) < 4.78 is 0.981. The minimum atomic E-state index is 0.981. The summed E-state index contributed by atoms with van der Waals surface area (Å²) in [6, 6.07) is 41.7. The SMILES string of the molecule is [Se]=C(N(c1ccccc1)c1ccccc1)N(c1ccccc1)c1ccccc1. The molecule has 0 N–H and O–H groups in total. The van der Waals surface area contributed by atoms with Gasteiger partial charge >= 0.3 is 174 Å². The molecule has 0 atom stereocenters. The Morgan fingerprint density at radius 2 is 0.607 bits per heavy atom. The van der Waals surface area contributed by atoms with Crippen molar-refractivity contribution in [2.75, 3.05) is 9.80 Å². The second-order valence-electron chi connectivity index (χ2n) is 6.30. The van der Waals surface area contributed by atoms with Crippen LogP contribution in [0.2, 0.25) is 0 Å². The molecule has 0 unspecified atom stereocenters. The average molecular weight is 427 g/mol. The maximum absolute atomic E-state index is 3.34. The molecule has 136 valence electrons. The molecule has 0 saturated carbocycles. The molecule has 28 heavy (non-hydrogen) atoms. The second-order valence-corrected chi connectivity index (χ2v) is 7.06. The van der Waals surface area contributed by atoms with Crippen LogP contribution < -0.4 is 9.80 Å². The summed E-state index contributed by atoms with van der Waals surface area (Å²) in [6.45, 7) is 0. The van der Waals surface area contributed by atoms with E-state index in [0.29, 0.717) is 0 Å². The van der Waals surface area contributed by atoms with Gasteiger partial charge in [0, 0.05) is 0 Å². The standard InChI is InChI=1S/C25H20N2Se/c28-25(26(21-13-5-1-6-14-21)22-15-7-2-8-16-22)27(23-17-9-3-10-18-23)24-19-11-4-12-20-24/h1-20H. The molecule has 0 bridgehead atoms. The Labute approximate surface area is 174 Å². The quantitative estimate of drug-likeness (QED) is 0.353. The van der Waals surface area contributed by atoms with Crippen LogP contribution in [0.1, 0.15) is 0 Å². The van der Waals surface area contributed by atoms with E-state index >= 15 is 0 Å². The van der Waals surface area contributed by atoms with Gasteiger partial charge in [-0.15, -0.1) is 0 Å². The van der Waals surface area contributed by atoms with Gasteiger partial charge in [0.15, 0.2) is 0 Å². The molecule has 3 heteroatoms. The Balaban J connectivity index is 1.85. The first kappa shape index (κ1) is 18.2. The van der Waals surface area contributed by atoms with Gasteiger partial charge in [0.05, 0.1) is 0 Å². The fourth-order valence-corrected chi connectivity index (χ4v) is 4.03. The van der Waals surface area contributed by atoms with Crippen LogP contribution in [0.3, 0.4) is 0 Å². The molecule has 0 aromatic heterocycles. The van der Waals surface area contributed by atoms with Crippen molar-refractivity contribution in [3.63, 3.8) is 0 Å². The van der Waals surface area contributed by atoms with Gasteiger partial charge in [-0.2, -0.15) is 0 Å². The van der Waals surface area contributed by atoms with Gasteiger partial charge in [-0.05, 0) is 0 Å². The van der Waals surface area contributed by atoms with Crippen LogP contribution in [-0.2, 0) is 0 Å². The van der Waals surface area contributed by atoms with Gasteiger partial charge in [0.25, 0.3) is 0 Å². The number of rotatable bonds is 6. The van der Waals surface area contributed by atoms with Crippen LogP contribution in [0, 0.1) is 0 Å². The van der Waals surface area contributed by atoms with Crippen molar-refractivity contribution in [1.82, 2.24) is 0 Å². The Hall–Kier alpha value is -3.13. The van der Waals surface area contributed by atoms with E-state index in [2.05, 4.69) is 122 Å². The molecule has 0 fully saturated rings. The van der Waals surface area contributed by atoms with Gasteiger partial charge in [-0.1, -0.05) is 0 Å². The van der Waals surface area contributed by atoms with Crippen molar-refractivity contribution in [1.29, 1.82) is 0 Å². The third-order valence-corrected chi connectivity index (χ3v) is 5.21. The van der Waals surface area contributed by atoms with E-state index in [0.717, 1.165) is 27.4 Å². The van der Waals surface area contributed by atoms with Crippen LogP contribution >= 0.6 is 0 Å². The Morgan fingerprint density at radius 3 is 0.821 bits per heavy atom. The molecular formula is C25H20N2Se. The van der Waals surface area contributed by atoms with Crippen LogP contribution in [0.5, 0.6) is 0 Å². The van der Waals surface area contributed by atoms with E-state index in [1.807, 2.05) is 24.3 Å². The molecule has 4 rings (SSSR count). The van der Waals surface area contributed by atoms with Gasteiger partial charge in [0.2, 0.25) is 0 Å². The summed E-state index contributed by atoms with van der Waals surface area (Å²) in [5, 5.41) is 0. The Morgan fingerprint density at radius 1 is 0.393 bits per heavy atom. The van der Waals surface area contributed by atoms with E-state index in [1.165, 1.54) is 0 Å². The zero-order valence-electron chi connectivity index (χ0n) is 15.3. The van der Waals surface area contributed by atoms with Gasteiger partial charge in [-0.3, -0.25) is 0 Å². The second kappa shape index (κ2) is 8.71. The van der Waals surface area contributed by atoms with Crippen LogP contribution in [-0.4, -0.2) is 20.2 Å². The molecule has 0 aliphatic heterocycles. The van der Waals surface area contributed by atoms with Crippen molar-refractivity contribution < 1.29 is 0 Å². The van der Waals surface area contributed by atoms with E-state index in [-0.39, 0.29) is 0 Å². The Kier molecular flexibility index (Phi) is 5.67. The van der Waals surface area contributed by atoms with E-state index in [1.54, 1.807) is 0 Å². The number of nitrogens with zero attached hydrogens (tertiary/aromatic N) is 2. The van der Waals surface area contributed by atoms with Crippen molar-refractivity contribution in [3.05, 3.63) is 121 Å². The number of para-hydroxylation sites is 4. The molecule has 2 nitrogen and oxygen atoms in total. The van der Waals surface area contributed by atoms with E-state index in [4.69, 9.17) is 0 Å². The Bertz CT molecular complexity index is 855. The maximum atomic E-state index is 3.34. The number of hydrogen-bond acceptors (Lipinski definition) is 2. The summed E-state index contributed by atoms with van der Waals surface area (Å²) in [5.74, 6) is 0. The van der Waals surface area contributed by atoms with Crippen LogP contribution in [0.4, 0.5) is 22.7 Å². The summed E-state index contributed by atoms with van der Waals surface area (Å²) >= 11 is 3.34. The molecule has 0 heterocycles. The third kappa shape index (κ3) is 3.91. The minimum absolute atomic E-state index is 0.981. The van der Waals surface area contributed by atoms with Crippen molar-refractivity contribution in [2.45, 2.75) is 0 Å². The first-order valence-corrected chi connectivity index (χ1v) is 10.0. The molecule has 0 spiro atoms. The molecule has 4 aromatic rings. The molecular weight excluding hydrogens is 407 g/mol. The summed E-state index contributed by atoms with van der Waals surface area (Å²) in [5.41, 5.74) is 4.39. The summed E-state index contributed by atoms with van der Waals surface area (Å²) in [7, 11) is 0. The van der Waals surface area contributed by atoms with E-state index < -0.39 is 0 Å². The third-order valence-electron chi connectivity index (χ3n) is 4.44. The number of hydrogen-bond donors (Lipinski definition) is 0. The summed E-state index contributed by atoms with van der Waals surface area (Å²) in [6.07, 6.45) is 0. The fraction of sp³-hybridized carbons (Fsp3) is 0. The van der Waals surface area contributed by atoms with E-state index in [9.17, 15) is 0 Å². The zero-order chi connectivity index (χ0) is 19.2. The zero-order valence-corrected chi connectivity index (χ0v) is 17.1. The first-order chi connectivity index (χ1) is 13.8. The first-order valence-electron chi connectivity index (χ1n) is 9.19. The summed E-state index contributed by atoms with van der Waals surface area (Å²) in [4.78, 5) is 4.47. The topological polar surface area (TPSA) is 6.48 Å². The van der Waals surface area contributed by atoms with Crippen LogP contribution in [0.25, 0.3) is 0 Å². The van der Waals surface area contributed by atoms with Crippen molar-refractivity contribution in [2.24, 2.45) is 0 Å². The van der Waals surface area contributed by atoms with Crippen molar-refractivity contribution >= 4 is 43.0 Å². The predicted octanol–water partition coefficient (Wildman–Crippen LogP) is 5.92. The monoisotopic (exact) mass is 428 g/mol. The molecule has 0 amide bonds. The molecule has 0 aliphatic rings. The normalized spacial score (nSPS) is 10.3. The predicted molar refractivity (Wildman–Crippen MR) is 121 cm³/mol. The molecule has 0 radical (unpaired) electrons. The molecule has 0 aliphatic carbocycles. The van der Waals surface area contributed by atoms with Crippen LogP contribution in [0.15, 0.2) is 121 Å². The fourth-order valence-electron chi connectivity index (χ4n) is 3.15. The van der Waals surface area contributed by atoms with Gasteiger partial charge in [0.1, 0.15) is 0 Å². The number of benzene rings is 4. The molecule has 0 saturated heterocycles. The van der Waals surface area contributed by atoms with Gasteiger partial charge in [-0.25, -0.2) is 0 Å². The molecule has 4 aromatic carbocycles. The average Bonchev–Trinajstić information content (AvgIpc) is 2.77. The van der Waals surface area contributed by atoms with Gasteiger partial charge < -0.3 is 0 Å².